The molecule has 0 aliphatic carbocycles. The summed E-state index contributed by atoms with van der Waals surface area (Å²) < 4.78 is 22.9. The van der Waals surface area contributed by atoms with Crippen molar-refractivity contribution >= 4 is 5.91 Å². The van der Waals surface area contributed by atoms with Gasteiger partial charge in [0.2, 0.25) is 5.91 Å². The molecule has 472 valence electrons. The number of ether oxygens (including phenoxy) is 4. The highest BCUT2D eigenvalue weighted by Crippen LogP contribution is 2.30. The smallest absolute Gasteiger partial charge is 0.220 e. The van der Waals surface area contributed by atoms with E-state index in [4.69, 9.17) is 18.9 Å². The number of amides is 1. The second kappa shape index (κ2) is 52.1. The summed E-state index contributed by atoms with van der Waals surface area (Å²) in [5, 5.41) is 87.4. The van der Waals surface area contributed by atoms with E-state index in [1.165, 1.54) is 154 Å². The summed E-state index contributed by atoms with van der Waals surface area (Å²) in [5.74, 6) is -0.206. The predicted molar refractivity (Wildman–Crippen MR) is 327 cm³/mol. The third-order valence-corrected chi connectivity index (χ3v) is 16.0. The number of rotatable bonds is 53. The lowest BCUT2D eigenvalue weighted by Gasteiger charge is -2.46. The molecule has 2 fully saturated rings. The van der Waals surface area contributed by atoms with E-state index in [0.29, 0.717) is 12.8 Å². The molecular weight excluding hydrogens is 1030 g/mol. The quantitative estimate of drug-likeness (QED) is 0.0204. The van der Waals surface area contributed by atoms with E-state index in [9.17, 15) is 45.6 Å². The first-order valence-corrected chi connectivity index (χ1v) is 33.0. The fourth-order valence-corrected chi connectivity index (χ4v) is 10.7. The highest BCUT2D eigenvalue weighted by molar-refractivity contribution is 5.76. The van der Waals surface area contributed by atoms with E-state index in [1.54, 1.807) is 0 Å². The zero-order valence-corrected chi connectivity index (χ0v) is 51.0. The van der Waals surface area contributed by atoms with Crippen LogP contribution in [0, 0.1) is 0 Å². The highest BCUT2D eigenvalue weighted by Gasteiger charge is 2.51. The molecule has 2 aliphatic heterocycles. The maximum atomic E-state index is 13.3. The molecule has 0 aromatic heterocycles. The molecule has 14 heteroatoms. The highest BCUT2D eigenvalue weighted by atomic mass is 16.7. The van der Waals surface area contributed by atoms with Crippen molar-refractivity contribution in [2.75, 3.05) is 19.8 Å². The van der Waals surface area contributed by atoms with E-state index < -0.39 is 86.8 Å². The lowest BCUT2D eigenvalue weighted by molar-refractivity contribution is -0.359. The summed E-state index contributed by atoms with van der Waals surface area (Å²) in [6.45, 7) is 2.76. The standard InChI is InChI=1S/C67H121NO13/c1-3-5-7-9-11-13-15-17-19-20-21-22-23-24-25-26-27-28-29-30-31-32-33-34-35-36-37-39-41-43-45-47-49-51-59(72)68-55(56(71)50-48-46-44-42-40-38-18-16-14-12-10-8-6-4-2)54-78-66-64(77)62(75)65(58(53-70)80-66)81-67-63(76)61(74)60(73)57(52-69)79-67/h5,7,11,13,17,19,21-22,24-25,55-58,60-67,69-71,73-77H,3-4,6,8-10,12,14-16,18,20,23,26-54H2,1-2H3,(H,68,72)/b7-5-,13-11-,19-17-,22-21-,25-24-. The van der Waals surface area contributed by atoms with Crippen molar-refractivity contribution in [2.45, 2.75) is 338 Å². The van der Waals surface area contributed by atoms with Crippen molar-refractivity contribution < 1.29 is 64.6 Å². The number of aliphatic hydroxyl groups is 8. The third-order valence-electron chi connectivity index (χ3n) is 16.0. The first kappa shape index (κ1) is 74.8. The molecule has 0 radical (unpaired) electrons. The average molecular weight is 1150 g/mol. The Bertz CT molecular complexity index is 1590. The monoisotopic (exact) mass is 1150 g/mol. The summed E-state index contributed by atoms with van der Waals surface area (Å²) in [6.07, 6.45) is 50.9. The Hall–Kier alpha value is -2.31. The molecule has 12 unspecified atom stereocenters. The van der Waals surface area contributed by atoms with Gasteiger partial charge in [0.1, 0.15) is 48.8 Å². The van der Waals surface area contributed by atoms with Crippen LogP contribution in [0.3, 0.4) is 0 Å². The van der Waals surface area contributed by atoms with Crippen LogP contribution in [0.2, 0.25) is 0 Å². The van der Waals surface area contributed by atoms with Gasteiger partial charge in [0.05, 0.1) is 32.0 Å². The van der Waals surface area contributed by atoms with Crippen LogP contribution >= 0.6 is 0 Å². The van der Waals surface area contributed by atoms with Crippen LogP contribution in [0.15, 0.2) is 60.8 Å². The number of hydrogen-bond acceptors (Lipinski definition) is 13. The number of carbonyl (C=O) groups excluding carboxylic acids is 1. The predicted octanol–water partition coefficient (Wildman–Crippen LogP) is 12.5. The molecule has 2 saturated heterocycles. The van der Waals surface area contributed by atoms with Gasteiger partial charge in [-0.2, -0.15) is 0 Å². The van der Waals surface area contributed by atoms with Gasteiger partial charge in [-0.3, -0.25) is 4.79 Å². The van der Waals surface area contributed by atoms with Gasteiger partial charge in [-0.25, -0.2) is 0 Å². The first-order valence-electron chi connectivity index (χ1n) is 33.0. The van der Waals surface area contributed by atoms with Gasteiger partial charge in [-0.05, 0) is 57.8 Å². The summed E-state index contributed by atoms with van der Waals surface area (Å²) in [5.41, 5.74) is 0. The SMILES string of the molecule is CC/C=C\C/C=C\C/C=C\C/C=C\C/C=C\CCCCCCCCCCCCCCCCCCCC(=O)NC(COC1OC(CO)C(OC2OC(CO)C(O)C(O)C2O)C(O)C1O)C(O)CCCCCCCCCCCCCCCC. The number of nitrogens with one attached hydrogen (secondary N) is 1. The summed E-state index contributed by atoms with van der Waals surface area (Å²) in [7, 11) is 0. The topological polar surface area (TPSA) is 228 Å². The molecule has 0 saturated carbocycles. The molecule has 2 aliphatic rings. The number of unbranched alkanes of at least 4 members (excludes halogenated alkanes) is 30. The van der Waals surface area contributed by atoms with E-state index in [1.807, 2.05) is 0 Å². The Morgan fingerprint density at radius 2 is 0.852 bits per heavy atom. The minimum atomic E-state index is -1.78. The molecule has 0 spiro atoms. The Morgan fingerprint density at radius 1 is 0.457 bits per heavy atom. The van der Waals surface area contributed by atoms with Crippen LogP contribution in [0.5, 0.6) is 0 Å². The van der Waals surface area contributed by atoms with Crippen LogP contribution < -0.4 is 5.32 Å². The van der Waals surface area contributed by atoms with E-state index in [-0.39, 0.29) is 12.5 Å². The second-order valence-electron chi connectivity index (χ2n) is 23.2. The van der Waals surface area contributed by atoms with Crippen molar-refractivity contribution in [3.63, 3.8) is 0 Å². The molecule has 9 N–H and O–H groups in total. The zero-order valence-electron chi connectivity index (χ0n) is 51.0. The molecule has 12 atom stereocenters. The average Bonchev–Trinajstić information content (AvgIpc) is 3.47. The van der Waals surface area contributed by atoms with Gasteiger partial charge in [0.15, 0.2) is 12.6 Å². The fraction of sp³-hybridized carbons (Fsp3) is 0.836. The minimum Gasteiger partial charge on any atom is -0.394 e. The van der Waals surface area contributed by atoms with Crippen LogP contribution in [-0.4, -0.2) is 140 Å². The number of carbonyl (C=O) groups is 1. The van der Waals surface area contributed by atoms with Crippen LogP contribution in [0.25, 0.3) is 0 Å². The summed E-state index contributed by atoms with van der Waals surface area (Å²) in [6, 6.07) is -0.829. The van der Waals surface area contributed by atoms with Crippen LogP contribution in [-0.2, 0) is 23.7 Å². The van der Waals surface area contributed by atoms with Crippen molar-refractivity contribution in [1.82, 2.24) is 5.32 Å². The van der Waals surface area contributed by atoms with Crippen molar-refractivity contribution in [1.29, 1.82) is 0 Å². The fourth-order valence-electron chi connectivity index (χ4n) is 10.7. The minimum absolute atomic E-state index is 0.206. The van der Waals surface area contributed by atoms with E-state index in [0.717, 1.165) is 83.5 Å². The third kappa shape index (κ3) is 37.0. The maximum absolute atomic E-state index is 13.3. The molecule has 81 heavy (non-hydrogen) atoms. The Balaban J connectivity index is 1.62. The van der Waals surface area contributed by atoms with Gasteiger partial charge >= 0.3 is 0 Å². The second-order valence-corrected chi connectivity index (χ2v) is 23.2. The lowest BCUT2D eigenvalue weighted by Crippen LogP contribution is -2.65. The molecule has 0 bridgehead atoms. The molecule has 2 rings (SSSR count). The Labute approximate surface area is 492 Å². The van der Waals surface area contributed by atoms with E-state index >= 15 is 0 Å². The largest absolute Gasteiger partial charge is 0.394 e. The van der Waals surface area contributed by atoms with Crippen LogP contribution in [0.4, 0.5) is 0 Å². The number of hydrogen-bond donors (Lipinski definition) is 9. The van der Waals surface area contributed by atoms with Gasteiger partial charge in [0.25, 0.3) is 0 Å². The van der Waals surface area contributed by atoms with Crippen LogP contribution in [0.1, 0.15) is 264 Å². The van der Waals surface area contributed by atoms with Crippen molar-refractivity contribution in [2.24, 2.45) is 0 Å². The van der Waals surface area contributed by atoms with E-state index in [2.05, 4.69) is 79.9 Å². The number of aliphatic hydroxyl groups excluding tert-OH is 8. The molecular formula is C67H121NO13. The first-order chi connectivity index (χ1) is 39.6. The molecule has 14 nitrogen and oxygen atoms in total. The molecule has 1 amide bonds. The number of allylic oxidation sites excluding steroid dienone is 10. The van der Waals surface area contributed by atoms with Gasteiger partial charge in [-0.15, -0.1) is 0 Å². The normalized spacial score (nSPS) is 24.5. The Morgan fingerprint density at radius 3 is 1.31 bits per heavy atom. The maximum Gasteiger partial charge on any atom is 0.220 e. The van der Waals surface area contributed by atoms with Gasteiger partial charge in [0, 0.05) is 6.42 Å². The molecule has 0 aromatic rings. The van der Waals surface area contributed by atoms with Crippen molar-refractivity contribution in [3.05, 3.63) is 60.8 Å². The molecule has 0 aromatic carbocycles. The Kier molecular flexibility index (Phi) is 48.1. The van der Waals surface area contributed by atoms with Crippen molar-refractivity contribution in [3.8, 4) is 0 Å². The van der Waals surface area contributed by atoms with Gasteiger partial charge in [-0.1, -0.05) is 261 Å². The summed E-state index contributed by atoms with van der Waals surface area (Å²) >= 11 is 0. The van der Waals surface area contributed by atoms with Gasteiger partial charge < -0.3 is 65.1 Å². The summed E-state index contributed by atoms with van der Waals surface area (Å²) in [4.78, 5) is 13.3. The lowest BCUT2D eigenvalue weighted by atomic mass is 9.97. The molecule has 2 heterocycles. The zero-order chi connectivity index (χ0) is 58.8.